The third-order valence-corrected chi connectivity index (χ3v) is 4.50. The maximum atomic E-state index is 12.0. The quantitative estimate of drug-likeness (QED) is 0.485. The molecule has 1 fully saturated rings. The number of rotatable bonds is 7. The Kier molecular flexibility index (Phi) is 4.24. The molecule has 0 atom stereocenters. The Morgan fingerprint density at radius 2 is 2.10 bits per heavy atom. The Labute approximate surface area is 126 Å². The Morgan fingerprint density at radius 3 is 2.81 bits per heavy atom. The van der Waals surface area contributed by atoms with Crippen molar-refractivity contribution in [1.82, 2.24) is 14.8 Å². The summed E-state index contributed by atoms with van der Waals surface area (Å²) >= 11 is 1.54. The van der Waals surface area contributed by atoms with Crippen molar-refractivity contribution in [2.24, 2.45) is 0 Å². The molecule has 0 unspecified atom stereocenters. The van der Waals surface area contributed by atoms with Crippen molar-refractivity contribution >= 4 is 17.5 Å². The van der Waals surface area contributed by atoms with E-state index in [1.54, 1.807) is 16.3 Å². The van der Waals surface area contributed by atoms with E-state index < -0.39 is 0 Å². The topological polar surface area (TPSA) is 67.8 Å². The van der Waals surface area contributed by atoms with Crippen LogP contribution in [0.25, 0.3) is 0 Å². The lowest BCUT2D eigenvalue weighted by atomic mass is 10.1. The molecule has 1 heterocycles. The molecule has 0 aliphatic heterocycles. The zero-order valence-corrected chi connectivity index (χ0v) is 12.4. The van der Waals surface area contributed by atoms with Crippen LogP contribution < -0.4 is 5.69 Å². The molecule has 5 nitrogen and oxygen atoms in total. The standard InChI is InChI=1S/C15H17N3O2S/c19-13(11-5-2-1-3-6-11)7-4-10-21-15-17-16-14(20)18(15)12-8-9-12/h1-3,5-6,12H,4,7-10H2,(H,16,20). The highest BCUT2D eigenvalue weighted by Crippen LogP contribution is 2.36. The average Bonchev–Trinajstić information content (AvgIpc) is 3.28. The normalized spacial score (nSPS) is 14.3. The van der Waals surface area contributed by atoms with Crippen molar-refractivity contribution in [3.05, 3.63) is 46.4 Å². The summed E-state index contributed by atoms with van der Waals surface area (Å²) in [5, 5.41) is 7.30. The molecule has 1 N–H and O–H groups in total. The van der Waals surface area contributed by atoms with Gasteiger partial charge in [-0.3, -0.25) is 9.36 Å². The molecule has 3 rings (SSSR count). The van der Waals surface area contributed by atoms with Crippen molar-refractivity contribution in [3.8, 4) is 0 Å². The molecule has 1 saturated carbocycles. The van der Waals surface area contributed by atoms with Crippen molar-refractivity contribution < 1.29 is 4.79 Å². The second kappa shape index (κ2) is 6.30. The lowest BCUT2D eigenvalue weighted by Crippen LogP contribution is -2.16. The van der Waals surface area contributed by atoms with Gasteiger partial charge in [0.25, 0.3) is 0 Å². The fourth-order valence-electron chi connectivity index (χ4n) is 2.21. The van der Waals surface area contributed by atoms with E-state index in [9.17, 15) is 9.59 Å². The monoisotopic (exact) mass is 303 g/mol. The van der Waals surface area contributed by atoms with Crippen LogP contribution in [0.4, 0.5) is 0 Å². The Balaban J connectivity index is 1.49. The van der Waals surface area contributed by atoms with Crippen LogP contribution >= 0.6 is 11.8 Å². The zero-order chi connectivity index (χ0) is 14.7. The first-order valence-corrected chi connectivity index (χ1v) is 8.12. The van der Waals surface area contributed by atoms with Gasteiger partial charge in [-0.05, 0) is 19.3 Å². The molecule has 1 aliphatic rings. The molecule has 1 aliphatic carbocycles. The number of aromatic amines is 1. The van der Waals surface area contributed by atoms with Crippen LogP contribution in [0.15, 0.2) is 40.3 Å². The maximum absolute atomic E-state index is 12.0. The van der Waals surface area contributed by atoms with E-state index >= 15 is 0 Å². The number of Topliss-reactive ketones (excluding diaryl/α,β-unsaturated/α-hetero) is 1. The van der Waals surface area contributed by atoms with Crippen molar-refractivity contribution in [2.45, 2.75) is 36.9 Å². The van der Waals surface area contributed by atoms with E-state index in [1.165, 1.54) is 0 Å². The van der Waals surface area contributed by atoms with Crippen LogP contribution in [-0.2, 0) is 0 Å². The second-order valence-corrected chi connectivity index (χ2v) is 6.22. The first kappa shape index (κ1) is 14.1. The summed E-state index contributed by atoms with van der Waals surface area (Å²) in [6, 6.07) is 9.66. The van der Waals surface area contributed by atoms with Crippen molar-refractivity contribution in [1.29, 1.82) is 0 Å². The molecule has 0 spiro atoms. The third-order valence-electron chi connectivity index (χ3n) is 3.46. The molecule has 21 heavy (non-hydrogen) atoms. The highest BCUT2D eigenvalue weighted by molar-refractivity contribution is 7.99. The number of hydrogen-bond acceptors (Lipinski definition) is 4. The van der Waals surface area contributed by atoms with Gasteiger partial charge in [-0.2, -0.15) is 0 Å². The van der Waals surface area contributed by atoms with Crippen molar-refractivity contribution in [2.75, 3.05) is 5.75 Å². The number of aromatic nitrogens is 3. The minimum atomic E-state index is -0.125. The van der Waals surface area contributed by atoms with Gasteiger partial charge in [0.1, 0.15) is 0 Å². The van der Waals surface area contributed by atoms with Gasteiger partial charge in [0, 0.05) is 23.8 Å². The lowest BCUT2D eigenvalue weighted by Gasteiger charge is -2.03. The average molecular weight is 303 g/mol. The minimum Gasteiger partial charge on any atom is -0.294 e. The first-order valence-electron chi connectivity index (χ1n) is 7.13. The summed E-state index contributed by atoms with van der Waals surface area (Å²) in [7, 11) is 0. The summed E-state index contributed by atoms with van der Waals surface area (Å²) in [5.41, 5.74) is 0.637. The molecule has 0 saturated heterocycles. The molecule has 0 radical (unpaired) electrons. The first-order chi connectivity index (χ1) is 10.3. The molecule has 6 heteroatoms. The summed E-state index contributed by atoms with van der Waals surface area (Å²) in [6.45, 7) is 0. The zero-order valence-electron chi connectivity index (χ0n) is 11.6. The van der Waals surface area contributed by atoms with Gasteiger partial charge in [-0.25, -0.2) is 9.89 Å². The number of nitrogens with one attached hydrogen (secondary N) is 1. The summed E-state index contributed by atoms with van der Waals surface area (Å²) in [6.07, 6.45) is 3.41. The second-order valence-electron chi connectivity index (χ2n) is 5.15. The van der Waals surface area contributed by atoms with E-state index in [2.05, 4.69) is 10.2 Å². The van der Waals surface area contributed by atoms with E-state index in [0.717, 1.165) is 35.7 Å². The van der Waals surface area contributed by atoms with Crippen LogP contribution in [0.1, 0.15) is 42.1 Å². The Hall–Kier alpha value is -1.82. The SMILES string of the molecule is O=C(CCCSc1n[nH]c(=O)n1C1CC1)c1ccccc1. The van der Waals surface area contributed by atoms with Gasteiger partial charge in [0.15, 0.2) is 10.9 Å². The molecular weight excluding hydrogens is 286 g/mol. The van der Waals surface area contributed by atoms with Gasteiger partial charge in [-0.15, -0.1) is 5.10 Å². The lowest BCUT2D eigenvalue weighted by molar-refractivity contribution is 0.0982. The molecule has 0 bridgehead atoms. The van der Waals surface area contributed by atoms with Crippen LogP contribution in [-0.4, -0.2) is 26.3 Å². The van der Waals surface area contributed by atoms with Gasteiger partial charge >= 0.3 is 5.69 Å². The summed E-state index contributed by atoms with van der Waals surface area (Å²) in [5.74, 6) is 0.952. The number of H-pyrrole nitrogens is 1. The number of hydrogen-bond donors (Lipinski definition) is 1. The summed E-state index contributed by atoms with van der Waals surface area (Å²) in [4.78, 5) is 23.6. The molecular formula is C15H17N3O2S. The number of benzene rings is 1. The van der Waals surface area contributed by atoms with Gasteiger partial charge in [-0.1, -0.05) is 42.1 Å². The minimum absolute atomic E-state index is 0.125. The van der Waals surface area contributed by atoms with Gasteiger partial charge in [0.05, 0.1) is 0 Å². The van der Waals surface area contributed by atoms with Crippen LogP contribution in [0.5, 0.6) is 0 Å². The van der Waals surface area contributed by atoms with E-state index in [0.29, 0.717) is 12.5 Å². The number of nitrogens with zero attached hydrogens (tertiary/aromatic N) is 2. The Morgan fingerprint density at radius 1 is 1.33 bits per heavy atom. The van der Waals surface area contributed by atoms with Crippen LogP contribution in [0.2, 0.25) is 0 Å². The Bertz CT molecular complexity index is 674. The molecule has 0 amide bonds. The molecule has 1 aromatic heterocycles. The smallest absolute Gasteiger partial charge is 0.294 e. The number of thioether (sulfide) groups is 1. The highest BCUT2D eigenvalue weighted by Gasteiger charge is 2.28. The van der Waals surface area contributed by atoms with Crippen LogP contribution in [0, 0.1) is 0 Å². The molecule has 1 aromatic carbocycles. The van der Waals surface area contributed by atoms with E-state index in [1.807, 2.05) is 30.3 Å². The van der Waals surface area contributed by atoms with E-state index in [4.69, 9.17) is 0 Å². The predicted molar refractivity (Wildman–Crippen MR) is 81.8 cm³/mol. The third kappa shape index (κ3) is 3.44. The van der Waals surface area contributed by atoms with Gasteiger partial charge < -0.3 is 0 Å². The van der Waals surface area contributed by atoms with Crippen molar-refractivity contribution in [3.63, 3.8) is 0 Å². The largest absolute Gasteiger partial charge is 0.344 e. The van der Waals surface area contributed by atoms with Gasteiger partial charge in [0.2, 0.25) is 0 Å². The highest BCUT2D eigenvalue weighted by atomic mass is 32.2. The maximum Gasteiger partial charge on any atom is 0.344 e. The fourth-order valence-corrected chi connectivity index (χ4v) is 3.16. The number of ketones is 1. The summed E-state index contributed by atoms with van der Waals surface area (Å²) < 4.78 is 1.74. The fraction of sp³-hybridized carbons (Fsp3) is 0.400. The molecule has 110 valence electrons. The number of carbonyl (C=O) groups excluding carboxylic acids is 1. The van der Waals surface area contributed by atoms with Crippen LogP contribution in [0.3, 0.4) is 0 Å². The predicted octanol–water partition coefficient (Wildman–Crippen LogP) is 2.66. The number of carbonyl (C=O) groups is 1. The molecule has 2 aromatic rings. The van der Waals surface area contributed by atoms with E-state index in [-0.39, 0.29) is 11.5 Å².